The van der Waals surface area contributed by atoms with E-state index in [1.165, 1.54) is 28.9 Å². The number of nitrogens with zero attached hydrogens (tertiary/aromatic N) is 4. The number of aromatic carboxylic acids is 1. The first-order valence-electron chi connectivity index (χ1n) is 7.95. The van der Waals surface area contributed by atoms with Gasteiger partial charge in [-0.2, -0.15) is 10.4 Å². The van der Waals surface area contributed by atoms with E-state index in [1.807, 2.05) is 6.07 Å². The van der Waals surface area contributed by atoms with Crippen molar-refractivity contribution >= 4 is 16.9 Å². The summed E-state index contributed by atoms with van der Waals surface area (Å²) in [6.07, 6.45) is 1.07. The Balaban J connectivity index is 2.01. The number of rotatable bonds is 3. The molecule has 0 saturated heterocycles. The Kier molecular flexibility index (Phi) is 3.86. The van der Waals surface area contributed by atoms with E-state index in [-0.39, 0.29) is 5.56 Å². The molecule has 4 rings (SSSR count). The summed E-state index contributed by atoms with van der Waals surface area (Å²) in [6.45, 7) is 0. The second-order valence-electron chi connectivity index (χ2n) is 5.82. The Labute approximate surface area is 152 Å². The largest absolute Gasteiger partial charge is 0.478 e. The molecule has 0 aliphatic carbocycles. The van der Waals surface area contributed by atoms with Gasteiger partial charge in [0.15, 0.2) is 5.82 Å². The van der Waals surface area contributed by atoms with Crippen molar-refractivity contribution in [1.82, 2.24) is 14.8 Å². The molecule has 0 spiro atoms. The third-order valence-electron chi connectivity index (χ3n) is 4.12. The summed E-state index contributed by atoms with van der Waals surface area (Å²) >= 11 is 0. The third-order valence-corrected chi connectivity index (χ3v) is 4.12. The van der Waals surface area contributed by atoms with Gasteiger partial charge in [0, 0.05) is 10.9 Å². The van der Waals surface area contributed by atoms with Crippen molar-refractivity contribution in [2.24, 2.45) is 0 Å². The van der Waals surface area contributed by atoms with Crippen molar-refractivity contribution in [3.8, 4) is 23.1 Å². The fourth-order valence-corrected chi connectivity index (χ4v) is 2.87. The number of nitriles is 1. The minimum absolute atomic E-state index is 0.100. The van der Waals surface area contributed by atoms with Gasteiger partial charge in [0.1, 0.15) is 11.5 Å². The van der Waals surface area contributed by atoms with Gasteiger partial charge in [-0.1, -0.05) is 12.1 Å². The fraction of sp³-hybridized carbons (Fsp3) is 0. The van der Waals surface area contributed by atoms with E-state index in [0.717, 1.165) is 6.20 Å². The van der Waals surface area contributed by atoms with Crippen molar-refractivity contribution in [1.29, 1.82) is 5.26 Å². The molecule has 2 heterocycles. The number of fused-ring (bicyclic) bond motifs is 1. The minimum Gasteiger partial charge on any atom is -0.478 e. The highest BCUT2D eigenvalue weighted by Gasteiger charge is 2.17. The van der Waals surface area contributed by atoms with E-state index >= 15 is 0 Å². The molecule has 4 aromatic rings. The Bertz CT molecular complexity index is 1220. The number of pyridine rings is 1. The maximum absolute atomic E-state index is 13.2. The first-order chi connectivity index (χ1) is 13.1. The molecule has 27 heavy (non-hydrogen) atoms. The predicted octanol–water partition coefficient (Wildman–Crippen LogP) is 3.80. The van der Waals surface area contributed by atoms with Gasteiger partial charge in [-0.3, -0.25) is 0 Å². The van der Waals surface area contributed by atoms with Crippen LogP contribution in [0.15, 0.2) is 60.8 Å². The van der Waals surface area contributed by atoms with E-state index in [9.17, 15) is 14.3 Å². The van der Waals surface area contributed by atoms with Gasteiger partial charge in [-0.15, -0.1) is 0 Å². The van der Waals surface area contributed by atoms with E-state index in [4.69, 9.17) is 5.26 Å². The lowest BCUT2D eigenvalue weighted by atomic mass is 10.0. The summed E-state index contributed by atoms with van der Waals surface area (Å²) in [7, 11) is 0. The van der Waals surface area contributed by atoms with E-state index < -0.39 is 11.8 Å². The van der Waals surface area contributed by atoms with Crippen LogP contribution < -0.4 is 0 Å². The van der Waals surface area contributed by atoms with Crippen LogP contribution in [0.25, 0.3) is 28.0 Å². The summed E-state index contributed by atoms with van der Waals surface area (Å²) in [5.41, 5.74) is 2.39. The van der Waals surface area contributed by atoms with E-state index in [2.05, 4.69) is 16.2 Å². The Hall–Kier alpha value is -4.05. The van der Waals surface area contributed by atoms with Gasteiger partial charge in [0.25, 0.3) is 0 Å². The van der Waals surface area contributed by atoms with Crippen LogP contribution in [-0.2, 0) is 0 Å². The Morgan fingerprint density at radius 2 is 2.00 bits per heavy atom. The maximum Gasteiger partial charge on any atom is 0.335 e. The van der Waals surface area contributed by atoms with Gasteiger partial charge in [-0.25, -0.2) is 18.9 Å². The fourth-order valence-electron chi connectivity index (χ4n) is 2.87. The molecule has 7 heteroatoms. The van der Waals surface area contributed by atoms with Crippen molar-refractivity contribution < 1.29 is 14.3 Å². The highest BCUT2D eigenvalue weighted by atomic mass is 19.1. The highest BCUT2D eigenvalue weighted by Crippen LogP contribution is 2.30. The lowest BCUT2D eigenvalue weighted by molar-refractivity contribution is 0.0697. The minimum atomic E-state index is -1.07. The molecule has 1 N–H and O–H groups in total. The molecule has 0 amide bonds. The summed E-state index contributed by atoms with van der Waals surface area (Å²) < 4.78 is 14.7. The standard InChI is InChI=1S/C20H11FN4O2/c21-15-5-7-18(23-11-15)25-17-9-14(20(26)27)4-6-16(17)19(24-25)13-3-1-2-12(8-13)10-22/h1-9,11H,(H,26,27). The maximum atomic E-state index is 13.2. The van der Waals surface area contributed by atoms with Gasteiger partial charge < -0.3 is 5.11 Å². The average molecular weight is 358 g/mol. The molecule has 130 valence electrons. The van der Waals surface area contributed by atoms with E-state index in [0.29, 0.717) is 33.5 Å². The molecule has 0 radical (unpaired) electrons. The van der Waals surface area contributed by atoms with Crippen molar-refractivity contribution in [2.45, 2.75) is 0 Å². The number of aromatic nitrogens is 3. The Morgan fingerprint density at radius 3 is 2.70 bits per heavy atom. The summed E-state index contributed by atoms with van der Waals surface area (Å²) in [5, 5.41) is 23.7. The normalized spacial score (nSPS) is 10.7. The number of hydrogen-bond donors (Lipinski definition) is 1. The zero-order valence-corrected chi connectivity index (χ0v) is 13.8. The van der Waals surface area contributed by atoms with E-state index in [1.54, 1.807) is 24.3 Å². The molecule has 6 nitrogen and oxygen atoms in total. The number of carbonyl (C=O) groups is 1. The molecule has 0 aliphatic heterocycles. The topological polar surface area (TPSA) is 91.8 Å². The summed E-state index contributed by atoms with van der Waals surface area (Å²) in [5.74, 6) is -1.19. The third kappa shape index (κ3) is 2.89. The second kappa shape index (κ2) is 6.35. The average Bonchev–Trinajstić information content (AvgIpc) is 3.07. The molecule has 0 aliphatic rings. The van der Waals surface area contributed by atoms with Crippen LogP contribution in [0.1, 0.15) is 15.9 Å². The first-order valence-corrected chi connectivity index (χ1v) is 7.95. The van der Waals surface area contributed by atoms with Gasteiger partial charge in [0.05, 0.1) is 28.9 Å². The number of benzene rings is 2. The molecule has 2 aromatic heterocycles. The molecule has 0 atom stereocenters. The van der Waals surface area contributed by atoms with Gasteiger partial charge in [-0.05, 0) is 42.5 Å². The number of halogens is 1. The predicted molar refractivity (Wildman–Crippen MR) is 95.9 cm³/mol. The van der Waals surface area contributed by atoms with Crippen LogP contribution in [0.3, 0.4) is 0 Å². The van der Waals surface area contributed by atoms with Crippen LogP contribution >= 0.6 is 0 Å². The summed E-state index contributed by atoms with van der Waals surface area (Å²) in [4.78, 5) is 15.4. The monoisotopic (exact) mass is 358 g/mol. The van der Waals surface area contributed by atoms with Crippen LogP contribution in [-0.4, -0.2) is 25.8 Å². The van der Waals surface area contributed by atoms with Gasteiger partial charge >= 0.3 is 5.97 Å². The lowest BCUT2D eigenvalue weighted by Gasteiger charge is -2.02. The highest BCUT2D eigenvalue weighted by molar-refractivity contribution is 5.99. The van der Waals surface area contributed by atoms with Crippen LogP contribution in [0.2, 0.25) is 0 Å². The number of carboxylic acids is 1. The molecule has 2 aromatic carbocycles. The first kappa shape index (κ1) is 16.4. The quantitative estimate of drug-likeness (QED) is 0.601. The molecule has 0 saturated carbocycles. The number of carboxylic acid groups (broad SMARTS) is 1. The molecular formula is C20H11FN4O2. The SMILES string of the molecule is N#Cc1cccc(-c2nn(-c3ccc(F)cn3)c3cc(C(=O)O)ccc23)c1. The van der Waals surface area contributed by atoms with Crippen molar-refractivity contribution in [3.63, 3.8) is 0 Å². The molecule has 0 fully saturated rings. The van der Waals surface area contributed by atoms with Crippen molar-refractivity contribution in [3.05, 3.63) is 77.7 Å². The zero-order valence-electron chi connectivity index (χ0n) is 13.8. The zero-order chi connectivity index (χ0) is 19.0. The Morgan fingerprint density at radius 1 is 1.15 bits per heavy atom. The van der Waals surface area contributed by atoms with Crippen LogP contribution in [0.5, 0.6) is 0 Å². The van der Waals surface area contributed by atoms with Gasteiger partial charge in [0.2, 0.25) is 0 Å². The van der Waals surface area contributed by atoms with Crippen LogP contribution in [0.4, 0.5) is 4.39 Å². The smallest absolute Gasteiger partial charge is 0.335 e. The number of hydrogen-bond acceptors (Lipinski definition) is 4. The molecule has 0 bridgehead atoms. The van der Waals surface area contributed by atoms with Crippen molar-refractivity contribution in [2.75, 3.05) is 0 Å². The summed E-state index contributed by atoms with van der Waals surface area (Å²) in [6, 6.07) is 16.4. The van der Waals surface area contributed by atoms with Crippen LogP contribution in [0, 0.1) is 17.1 Å². The second-order valence-corrected chi connectivity index (χ2v) is 5.82. The molecule has 0 unspecified atom stereocenters. The lowest BCUT2D eigenvalue weighted by Crippen LogP contribution is -2.01. The molecular weight excluding hydrogens is 347 g/mol.